The number of anilines is 1. The van der Waals surface area contributed by atoms with E-state index in [1.807, 2.05) is 35.7 Å². The zero-order chi connectivity index (χ0) is 21.0. The van der Waals surface area contributed by atoms with Crippen LogP contribution in [0.2, 0.25) is 0 Å². The Balaban J connectivity index is 1.36. The molecule has 4 aromatic rings. The Labute approximate surface area is 185 Å². The van der Waals surface area contributed by atoms with Gasteiger partial charge in [-0.15, -0.1) is 11.3 Å². The molecular formula is C27H22N2OS. The molecule has 1 atom stereocenters. The van der Waals surface area contributed by atoms with Crippen molar-refractivity contribution in [1.29, 1.82) is 0 Å². The van der Waals surface area contributed by atoms with Gasteiger partial charge in [0.25, 0.3) is 0 Å². The first-order chi connectivity index (χ1) is 15.1. The van der Waals surface area contributed by atoms with Crippen molar-refractivity contribution in [3.63, 3.8) is 0 Å². The molecule has 2 bridgehead atoms. The van der Waals surface area contributed by atoms with E-state index in [9.17, 15) is 4.79 Å². The van der Waals surface area contributed by atoms with Gasteiger partial charge < -0.3 is 5.32 Å². The van der Waals surface area contributed by atoms with Crippen molar-refractivity contribution in [1.82, 2.24) is 4.98 Å². The smallest absolute Gasteiger partial charge is 0.233 e. The maximum Gasteiger partial charge on any atom is 0.233 e. The number of carbonyl (C=O) groups excluding carboxylic acids is 1. The third-order valence-corrected chi connectivity index (χ3v) is 7.70. The molecule has 0 aliphatic heterocycles. The Hall–Kier alpha value is -3.24. The summed E-state index contributed by atoms with van der Waals surface area (Å²) in [6, 6.07) is 27.3. The highest BCUT2D eigenvalue weighted by molar-refractivity contribution is 7.14. The molecule has 0 spiro atoms. The number of carbonyl (C=O) groups is 1. The van der Waals surface area contributed by atoms with Crippen LogP contribution in [0.15, 0.2) is 84.2 Å². The molecule has 1 heterocycles. The molecule has 7 rings (SSSR count). The highest BCUT2D eigenvalue weighted by Gasteiger charge is 2.53. The lowest BCUT2D eigenvalue weighted by atomic mass is 9.52. The van der Waals surface area contributed by atoms with E-state index in [1.165, 1.54) is 33.6 Å². The quantitative estimate of drug-likeness (QED) is 0.413. The predicted octanol–water partition coefficient (Wildman–Crippen LogP) is 6.44. The SMILES string of the molecule is C[C@@]1(C(=O)Nc2nc(-c3ccccc3)cs2)CC2c3ccccc3C1c1ccccc12. The predicted molar refractivity (Wildman–Crippen MR) is 125 cm³/mol. The van der Waals surface area contributed by atoms with Crippen LogP contribution >= 0.6 is 11.3 Å². The molecule has 1 aromatic heterocycles. The third-order valence-electron chi connectivity index (χ3n) is 6.94. The number of nitrogens with zero attached hydrogens (tertiary/aromatic N) is 1. The van der Waals surface area contributed by atoms with Crippen LogP contribution in [-0.2, 0) is 4.79 Å². The maximum absolute atomic E-state index is 13.7. The van der Waals surface area contributed by atoms with Gasteiger partial charge in [-0.2, -0.15) is 0 Å². The van der Waals surface area contributed by atoms with Crippen molar-refractivity contribution in [2.75, 3.05) is 5.32 Å². The normalized spacial score (nSPS) is 23.1. The number of amides is 1. The van der Waals surface area contributed by atoms with Gasteiger partial charge in [0.2, 0.25) is 5.91 Å². The Morgan fingerprint density at radius 2 is 1.48 bits per heavy atom. The van der Waals surface area contributed by atoms with Crippen molar-refractivity contribution in [2.45, 2.75) is 25.2 Å². The molecule has 0 unspecified atom stereocenters. The minimum absolute atomic E-state index is 0.0541. The van der Waals surface area contributed by atoms with Gasteiger partial charge in [-0.25, -0.2) is 4.98 Å². The van der Waals surface area contributed by atoms with Crippen molar-refractivity contribution in [3.05, 3.63) is 106 Å². The van der Waals surface area contributed by atoms with Crippen molar-refractivity contribution in [2.24, 2.45) is 5.41 Å². The van der Waals surface area contributed by atoms with E-state index in [0.717, 1.165) is 17.7 Å². The molecule has 4 heteroatoms. The largest absolute Gasteiger partial charge is 0.301 e. The lowest BCUT2D eigenvalue weighted by molar-refractivity contribution is -0.126. The molecule has 3 aliphatic carbocycles. The maximum atomic E-state index is 13.7. The van der Waals surface area contributed by atoms with Gasteiger partial charge in [0, 0.05) is 22.8 Å². The first kappa shape index (κ1) is 18.5. The molecule has 0 saturated carbocycles. The van der Waals surface area contributed by atoms with E-state index in [1.54, 1.807) is 0 Å². The lowest BCUT2D eigenvalue weighted by Gasteiger charge is -2.50. The molecule has 0 fully saturated rings. The van der Waals surface area contributed by atoms with Gasteiger partial charge in [-0.05, 0) is 35.6 Å². The lowest BCUT2D eigenvalue weighted by Crippen LogP contribution is -2.47. The van der Waals surface area contributed by atoms with Crippen LogP contribution < -0.4 is 5.32 Å². The van der Waals surface area contributed by atoms with Gasteiger partial charge in [-0.1, -0.05) is 78.9 Å². The van der Waals surface area contributed by atoms with Gasteiger partial charge >= 0.3 is 0 Å². The van der Waals surface area contributed by atoms with Crippen LogP contribution in [0.4, 0.5) is 5.13 Å². The second-order valence-corrected chi connectivity index (χ2v) is 9.58. The van der Waals surface area contributed by atoms with E-state index < -0.39 is 5.41 Å². The second kappa shape index (κ2) is 6.89. The van der Waals surface area contributed by atoms with E-state index in [2.05, 4.69) is 65.8 Å². The number of nitrogens with one attached hydrogen (secondary N) is 1. The number of rotatable bonds is 3. The van der Waals surface area contributed by atoms with Crippen LogP contribution in [0, 0.1) is 5.41 Å². The number of benzene rings is 3. The fraction of sp³-hybridized carbons (Fsp3) is 0.185. The summed E-state index contributed by atoms with van der Waals surface area (Å²) in [5.41, 5.74) is 6.76. The third kappa shape index (κ3) is 2.78. The standard InChI is InChI=1S/C27H22N2OS/c1-27(25(30)29-26-28-23(16-31-26)17-9-3-2-4-10-17)15-22-18-11-5-7-13-20(18)24(27)21-14-8-6-12-19(21)22/h2-14,16,22,24H,15H2,1H3,(H,28,29,30)/t22?,24?,27-/m1/s1. The first-order valence-electron chi connectivity index (χ1n) is 10.7. The summed E-state index contributed by atoms with van der Waals surface area (Å²) in [5, 5.41) is 5.82. The molecule has 3 aliphatic rings. The Morgan fingerprint density at radius 3 is 2.13 bits per heavy atom. The highest BCUT2D eigenvalue weighted by atomic mass is 32.1. The fourth-order valence-electron chi connectivity index (χ4n) is 5.50. The molecule has 3 nitrogen and oxygen atoms in total. The number of hydrogen-bond acceptors (Lipinski definition) is 3. The van der Waals surface area contributed by atoms with Crippen molar-refractivity contribution >= 4 is 22.4 Å². The number of thiazole rings is 1. The molecule has 0 saturated heterocycles. The van der Waals surface area contributed by atoms with E-state index in [-0.39, 0.29) is 17.7 Å². The van der Waals surface area contributed by atoms with Gasteiger partial charge in [0.15, 0.2) is 5.13 Å². The van der Waals surface area contributed by atoms with Crippen molar-refractivity contribution < 1.29 is 4.79 Å². The summed E-state index contributed by atoms with van der Waals surface area (Å²) in [5.74, 6) is 0.364. The van der Waals surface area contributed by atoms with Crippen LogP contribution in [0.25, 0.3) is 11.3 Å². The minimum atomic E-state index is -0.522. The van der Waals surface area contributed by atoms with E-state index >= 15 is 0 Å². The number of fused-ring (bicyclic) bond motifs is 1. The van der Waals surface area contributed by atoms with Gasteiger partial charge in [0.1, 0.15) is 0 Å². The van der Waals surface area contributed by atoms with E-state index in [4.69, 9.17) is 0 Å². The molecule has 3 aromatic carbocycles. The fourth-order valence-corrected chi connectivity index (χ4v) is 6.22. The summed E-state index contributed by atoms with van der Waals surface area (Å²) in [4.78, 5) is 18.4. The monoisotopic (exact) mass is 422 g/mol. The highest BCUT2D eigenvalue weighted by Crippen LogP contribution is 2.61. The molecular weight excluding hydrogens is 400 g/mol. The molecule has 1 N–H and O–H groups in total. The zero-order valence-corrected chi connectivity index (χ0v) is 18.0. The van der Waals surface area contributed by atoms with Crippen LogP contribution in [0.1, 0.15) is 47.4 Å². The van der Waals surface area contributed by atoms with Crippen molar-refractivity contribution in [3.8, 4) is 11.3 Å². The van der Waals surface area contributed by atoms with Crippen LogP contribution in [0.5, 0.6) is 0 Å². The summed E-state index contributed by atoms with van der Waals surface area (Å²) < 4.78 is 0. The molecule has 0 radical (unpaired) electrons. The number of aromatic nitrogens is 1. The number of hydrogen-bond donors (Lipinski definition) is 1. The zero-order valence-electron chi connectivity index (χ0n) is 17.2. The average molecular weight is 423 g/mol. The Kier molecular flexibility index (Phi) is 4.12. The van der Waals surface area contributed by atoms with Gasteiger partial charge in [0.05, 0.1) is 11.1 Å². The summed E-state index contributed by atoms with van der Waals surface area (Å²) in [6.07, 6.45) is 0.814. The summed E-state index contributed by atoms with van der Waals surface area (Å²) >= 11 is 1.48. The van der Waals surface area contributed by atoms with Crippen LogP contribution in [-0.4, -0.2) is 10.9 Å². The minimum Gasteiger partial charge on any atom is -0.301 e. The van der Waals surface area contributed by atoms with Gasteiger partial charge in [-0.3, -0.25) is 4.79 Å². The summed E-state index contributed by atoms with van der Waals surface area (Å²) in [7, 11) is 0. The van der Waals surface area contributed by atoms with Crippen LogP contribution in [0.3, 0.4) is 0 Å². The molecule has 1 amide bonds. The first-order valence-corrected chi connectivity index (χ1v) is 11.5. The molecule has 31 heavy (non-hydrogen) atoms. The van der Waals surface area contributed by atoms with E-state index in [0.29, 0.717) is 5.13 Å². The Morgan fingerprint density at radius 1 is 0.903 bits per heavy atom. The topological polar surface area (TPSA) is 42.0 Å². The average Bonchev–Trinajstić information content (AvgIpc) is 3.28. The molecule has 152 valence electrons. The Bertz CT molecular complexity index is 1250. The summed E-state index contributed by atoms with van der Waals surface area (Å²) in [6.45, 7) is 2.12. The second-order valence-electron chi connectivity index (χ2n) is 8.72.